The molecule has 3 aromatic rings. The Bertz CT molecular complexity index is 1470. The number of aliphatic carboxylic acids is 1. The van der Waals surface area contributed by atoms with Crippen LogP contribution in [0.2, 0.25) is 0 Å². The van der Waals surface area contributed by atoms with Gasteiger partial charge in [-0.2, -0.15) is 0 Å². The summed E-state index contributed by atoms with van der Waals surface area (Å²) in [6.45, 7) is 3.51. The topological polar surface area (TPSA) is 230 Å². The Morgan fingerprint density at radius 1 is 0.886 bits per heavy atom. The molecule has 13 heteroatoms. The average molecular weight is 609 g/mol. The first kappa shape index (κ1) is 33.6. The lowest BCUT2D eigenvalue weighted by molar-refractivity contribution is -0.143. The minimum Gasteiger partial charge on any atom is -0.508 e. The summed E-state index contributed by atoms with van der Waals surface area (Å²) >= 11 is 0. The van der Waals surface area contributed by atoms with Gasteiger partial charge in [-0.15, -0.1) is 0 Å². The van der Waals surface area contributed by atoms with Crippen molar-refractivity contribution >= 4 is 40.5 Å². The number of carboxylic acids is 1. The quantitative estimate of drug-likeness (QED) is 0.116. The van der Waals surface area contributed by atoms with Crippen LogP contribution in [0.15, 0.2) is 54.7 Å². The second-order valence-corrected chi connectivity index (χ2v) is 10.9. The molecule has 0 aliphatic carbocycles. The van der Waals surface area contributed by atoms with Gasteiger partial charge in [0.05, 0.1) is 6.04 Å². The van der Waals surface area contributed by atoms with Gasteiger partial charge in [-0.05, 0) is 41.7 Å². The van der Waals surface area contributed by atoms with E-state index in [9.17, 15) is 34.2 Å². The minimum absolute atomic E-state index is 0.0111. The number of H-pyrrole nitrogens is 1. The van der Waals surface area contributed by atoms with Crippen molar-refractivity contribution in [3.63, 3.8) is 0 Å². The van der Waals surface area contributed by atoms with Crippen molar-refractivity contribution in [1.82, 2.24) is 20.9 Å². The first-order chi connectivity index (χ1) is 20.9. The second kappa shape index (κ2) is 15.5. The molecule has 10 N–H and O–H groups in total. The molecule has 44 heavy (non-hydrogen) atoms. The van der Waals surface area contributed by atoms with Gasteiger partial charge in [0.25, 0.3) is 0 Å². The summed E-state index contributed by atoms with van der Waals surface area (Å²) < 4.78 is 0. The molecule has 0 bridgehead atoms. The Hall–Kier alpha value is -4.91. The zero-order valence-electron chi connectivity index (χ0n) is 24.7. The number of nitrogens with two attached hydrogens (primary N) is 2. The third-order valence-corrected chi connectivity index (χ3v) is 7.56. The molecule has 0 fully saturated rings. The molecule has 0 aliphatic heterocycles. The third kappa shape index (κ3) is 9.30. The zero-order chi connectivity index (χ0) is 32.4. The van der Waals surface area contributed by atoms with Crippen LogP contribution in [0, 0.1) is 5.92 Å². The number of carbonyl (C=O) groups excluding carboxylic acids is 4. The van der Waals surface area contributed by atoms with Crippen molar-refractivity contribution in [2.75, 3.05) is 0 Å². The van der Waals surface area contributed by atoms with Gasteiger partial charge in [0, 0.05) is 36.4 Å². The molecule has 5 unspecified atom stereocenters. The molecule has 1 heterocycles. The number of amides is 4. The lowest BCUT2D eigenvalue weighted by atomic mass is 9.97. The number of aromatic nitrogens is 1. The number of phenolic OH excluding ortho intramolecular Hbond substituents is 1. The van der Waals surface area contributed by atoms with Crippen LogP contribution in [-0.4, -0.2) is 69.0 Å². The normalized spacial score (nSPS) is 14.5. The first-order valence-corrected chi connectivity index (χ1v) is 14.4. The number of rotatable bonds is 16. The van der Waals surface area contributed by atoms with Crippen LogP contribution in [0.5, 0.6) is 5.75 Å². The number of benzene rings is 2. The van der Waals surface area contributed by atoms with Gasteiger partial charge in [-0.25, -0.2) is 4.79 Å². The smallest absolute Gasteiger partial charge is 0.326 e. The molecule has 236 valence electrons. The molecule has 13 nitrogen and oxygen atoms in total. The largest absolute Gasteiger partial charge is 0.508 e. The molecule has 0 spiro atoms. The van der Waals surface area contributed by atoms with Gasteiger partial charge in [-0.1, -0.05) is 50.6 Å². The molecule has 2 aromatic carbocycles. The first-order valence-electron chi connectivity index (χ1n) is 14.4. The fourth-order valence-electron chi connectivity index (χ4n) is 4.72. The molecule has 0 radical (unpaired) electrons. The Kier molecular flexibility index (Phi) is 11.9. The summed E-state index contributed by atoms with van der Waals surface area (Å²) in [7, 11) is 0. The van der Waals surface area contributed by atoms with Crippen molar-refractivity contribution < 1.29 is 34.2 Å². The third-order valence-electron chi connectivity index (χ3n) is 7.56. The highest BCUT2D eigenvalue weighted by molar-refractivity contribution is 5.95. The summed E-state index contributed by atoms with van der Waals surface area (Å²) in [4.78, 5) is 66.5. The SMILES string of the molecule is CCC(C)C(NC(=O)C(Cc1c[nH]c2ccccc12)NC(=O)C(Cc1ccc(O)cc1)NC(=O)C(N)CCC(N)=O)C(=O)O. The van der Waals surface area contributed by atoms with Crippen LogP contribution in [0.1, 0.15) is 44.2 Å². The maximum atomic E-state index is 13.8. The van der Waals surface area contributed by atoms with Crippen LogP contribution >= 0.6 is 0 Å². The Balaban J connectivity index is 1.91. The standard InChI is InChI=1S/C31H40N6O7/c1-3-17(2)27(31(43)44)37-30(42)25(15-19-16-34-23-7-5-4-6-21(19)23)36-29(41)24(14-18-8-10-20(38)11-9-18)35-28(40)22(32)12-13-26(33)39/h4-11,16-17,22,24-25,27,34,38H,3,12-15,32H2,1-2H3,(H2,33,39)(H,35,40)(H,36,41)(H,37,42)(H,43,44). The molecule has 5 atom stereocenters. The van der Waals surface area contributed by atoms with Crippen LogP contribution in [0.4, 0.5) is 0 Å². The number of hydrogen-bond acceptors (Lipinski definition) is 7. The van der Waals surface area contributed by atoms with E-state index >= 15 is 0 Å². The van der Waals surface area contributed by atoms with Crippen LogP contribution in [0.3, 0.4) is 0 Å². The van der Waals surface area contributed by atoms with E-state index in [0.29, 0.717) is 17.5 Å². The molecular weight excluding hydrogens is 568 g/mol. The Morgan fingerprint density at radius 2 is 1.50 bits per heavy atom. The Labute approximate surface area is 254 Å². The van der Waals surface area contributed by atoms with Gasteiger partial charge >= 0.3 is 5.97 Å². The van der Waals surface area contributed by atoms with E-state index in [-0.39, 0.29) is 37.4 Å². The lowest BCUT2D eigenvalue weighted by Crippen LogP contribution is -2.58. The molecule has 3 rings (SSSR count). The molecule has 4 amide bonds. The summed E-state index contributed by atoms with van der Waals surface area (Å²) in [6.07, 6.45) is 2.05. The molecule has 1 aromatic heterocycles. The van der Waals surface area contributed by atoms with E-state index in [4.69, 9.17) is 11.5 Å². The monoisotopic (exact) mass is 608 g/mol. The molecular formula is C31H40N6O7. The van der Waals surface area contributed by atoms with Crippen LogP contribution < -0.4 is 27.4 Å². The summed E-state index contributed by atoms with van der Waals surface area (Å²) in [5, 5.41) is 28.2. The Morgan fingerprint density at radius 3 is 2.14 bits per heavy atom. The number of phenols is 1. The number of primary amides is 1. The van der Waals surface area contributed by atoms with Gasteiger partial charge in [0.15, 0.2) is 0 Å². The lowest BCUT2D eigenvalue weighted by Gasteiger charge is -2.26. The second-order valence-electron chi connectivity index (χ2n) is 10.9. The maximum absolute atomic E-state index is 13.8. The van der Waals surface area contributed by atoms with E-state index in [1.807, 2.05) is 31.2 Å². The predicted molar refractivity (Wildman–Crippen MR) is 163 cm³/mol. The summed E-state index contributed by atoms with van der Waals surface area (Å²) in [5.74, 6) is -4.33. The predicted octanol–water partition coefficient (Wildman–Crippen LogP) is 0.837. The highest BCUT2D eigenvalue weighted by atomic mass is 16.4. The average Bonchev–Trinajstić information content (AvgIpc) is 3.40. The van der Waals surface area contributed by atoms with Gasteiger partial charge in [0.1, 0.15) is 23.9 Å². The van der Waals surface area contributed by atoms with Crippen LogP contribution in [0.25, 0.3) is 10.9 Å². The van der Waals surface area contributed by atoms with Gasteiger partial charge < -0.3 is 42.6 Å². The van der Waals surface area contributed by atoms with Crippen molar-refractivity contribution in [3.05, 3.63) is 65.9 Å². The van der Waals surface area contributed by atoms with Crippen LogP contribution in [-0.2, 0) is 36.8 Å². The molecule has 0 saturated carbocycles. The summed E-state index contributed by atoms with van der Waals surface area (Å²) in [5.41, 5.74) is 13.2. The molecule has 0 saturated heterocycles. The number of para-hydroxylation sites is 1. The van der Waals surface area contributed by atoms with Crippen molar-refractivity contribution in [3.8, 4) is 5.75 Å². The highest BCUT2D eigenvalue weighted by Gasteiger charge is 2.32. The number of hydrogen-bond donors (Lipinski definition) is 8. The number of fused-ring (bicyclic) bond motifs is 1. The van der Waals surface area contributed by atoms with Gasteiger partial charge in [-0.3, -0.25) is 19.2 Å². The zero-order valence-corrected chi connectivity index (χ0v) is 24.7. The maximum Gasteiger partial charge on any atom is 0.326 e. The van der Waals surface area contributed by atoms with Crippen molar-refractivity contribution in [1.29, 1.82) is 0 Å². The number of carboxylic acid groups (broad SMARTS) is 1. The number of aromatic amines is 1. The van der Waals surface area contributed by atoms with E-state index < -0.39 is 53.8 Å². The fourth-order valence-corrected chi connectivity index (χ4v) is 4.72. The number of nitrogens with one attached hydrogen (secondary N) is 4. The van der Waals surface area contributed by atoms with E-state index in [2.05, 4.69) is 20.9 Å². The number of carbonyl (C=O) groups is 5. The van der Waals surface area contributed by atoms with E-state index in [1.165, 1.54) is 12.1 Å². The van der Waals surface area contributed by atoms with Crippen molar-refractivity contribution in [2.45, 2.75) is 70.1 Å². The summed E-state index contributed by atoms with van der Waals surface area (Å²) in [6, 6.07) is 8.68. The molecule has 0 aliphatic rings. The highest BCUT2D eigenvalue weighted by Crippen LogP contribution is 2.20. The number of aromatic hydroxyl groups is 1. The van der Waals surface area contributed by atoms with E-state index in [1.54, 1.807) is 25.3 Å². The minimum atomic E-state index is -1.21. The van der Waals surface area contributed by atoms with E-state index in [0.717, 1.165) is 10.9 Å². The van der Waals surface area contributed by atoms with Gasteiger partial charge in [0.2, 0.25) is 23.6 Å². The van der Waals surface area contributed by atoms with Crippen molar-refractivity contribution in [2.24, 2.45) is 17.4 Å². The fraction of sp³-hybridized carbons (Fsp3) is 0.387.